The number of fused-ring (bicyclic) bond motifs is 2. The van der Waals surface area contributed by atoms with Crippen molar-refractivity contribution < 1.29 is 14.3 Å². The molecule has 0 radical (unpaired) electrons. The summed E-state index contributed by atoms with van der Waals surface area (Å²) in [6, 6.07) is 7.98. The minimum absolute atomic E-state index is 0.0511. The second-order valence-electron chi connectivity index (χ2n) is 6.44. The molecule has 7 nitrogen and oxygen atoms in total. The van der Waals surface area contributed by atoms with Gasteiger partial charge < -0.3 is 9.52 Å². The second-order valence-corrected chi connectivity index (χ2v) is 8.16. The van der Waals surface area contributed by atoms with E-state index < -0.39 is 11.7 Å². The molecule has 0 atom stereocenters. The van der Waals surface area contributed by atoms with Gasteiger partial charge in [-0.25, -0.2) is 24.1 Å². The van der Waals surface area contributed by atoms with Crippen LogP contribution in [0.5, 0.6) is 0 Å². The number of aromatic nitrogens is 3. The van der Waals surface area contributed by atoms with Gasteiger partial charge in [-0.2, -0.15) is 0 Å². The van der Waals surface area contributed by atoms with E-state index in [1.54, 1.807) is 12.1 Å². The number of hydrogen-bond donors (Lipinski definition) is 1. The minimum Gasteiger partial charge on any atom is -0.478 e. The molecule has 0 unspecified atom stereocenters. The van der Waals surface area contributed by atoms with Crippen molar-refractivity contribution in [1.82, 2.24) is 14.5 Å². The lowest BCUT2D eigenvalue weighted by Crippen LogP contribution is -2.16. The van der Waals surface area contributed by atoms with Crippen molar-refractivity contribution in [3.8, 4) is 16.5 Å². The summed E-state index contributed by atoms with van der Waals surface area (Å²) in [4.78, 5) is 34.0. The number of nitrogens with zero attached hydrogens (tertiary/aromatic N) is 3. The number of benzene rings is 1. The Hall–Kier alpha value is -2.97. The molecule has 0 saturated heterocycles. The Morgan fingerprint density at radius 1 is 1.21 bits per heavy atom. The highest BCUT2D eigenvalue weighted by Gasteiger charge is 2.25. The van der Waals surface area contributed by atoms with Crippen molar-refractivity contribution >= 4 is 40.0 Å². The van der Waals surface area contributed by atoms with E-state index in [0.717, 1.165) is 35.4 Å². The molecule has 28 heavy (non-hydrogen) atoms. The van der Waals surface area contributed by atoms with Crippen molar-refractivity contribution in [2.45, 2.75) is 19.3 Å². The van der Waals surface area contributed by atoms with Gasteiger partial charge in [0.25, 0.3) is 0 Å². The van der Waals surface area contributed by atoms with Gasteiger partial charge in [0.05, 0.1) is 20.3 Å². The third-order valence-electron chi connectivity index (χ3n) is 4.74. The first kappa shape index (κ1) is 17.2. The van der Waals surface area contributed by atoms with Gasteiger partial charge in [0.2, 0.25) is 0 Å². The molecule has 0 saturated carbocycles. The summed E-state index contributed by atoms with van der Waals surface area (Å²) in [5.74, 6) is -0.706. The monoisotopic (exact) mass is 413 g/mol. The number of aryl methyl sites for hydroxylation is 1. The molecule has 0 bridgehead atoms. The zero-order valence-corrected chi connectivity index (χ0v) is 15.9. The molecular weight excluding hydrogens is 402 g/mol. The Morgan fingerprint density at radius 2 is 2.07 bits per heavy atom. The molecule has 0 spiro atoms. The highest BCUT2D eigenvalue weighted by molar-refractivity contribution is 7.19. The lowest BCUT2D eigenvalue weighted by Gasteiger charge is -2.10. The number of halogens is 1. The SMILES string of the molecule is O=C(O)c1ccc2c(c1)oc(=O)n2-c1nc(-c2ccc(Cl)s2)nc2c1CCC2. The first-order chi connectivity index (χ1) is 13.5. The Bertz CT molecular complexity index is 1320. The summed E-state index contributed by atoms with van der Waals surface area (Å²) in [7, 11) is 0. The number of aromatic carboxylic acids is 1. The molecule has 1 aliphatic carbocycles. The Morgan fingerprint density at radius 3 is 2.82 bits per heavy atom. The molecule has 1 N–H and O–H groups in total. The number of rotatable bonds is 3. The standard InChI is InChI=1S/C19H12ClN3O4S/c20-15-7-6-14(28-15)16-21-11-3-1-2-10(11)17(22-16)23-12-5-4-9(18(24)25)8-13(12)27-19(23)26/h4-8H,1-3H2,(H,24,25). The van der Waals surface area contributed by atoms with E-state index in [2.05, 4.69) is 9.97 Å². The average molecular weight is 414 g/mol. The van der Waals surface area contributed by atoms with Crippen LogP contribution in [-0.2, 0) is 12.8 Å². The zero-order valence-electron chi connectivity index (χ0n) is 14.3. The Kier molecular flexibility index (Phi) is 3.85. The van der Waals surface area contributed by atoms with Crippen LogP contribution in [0.3, 0.4) is 0 Å². The maximum Gasteiger partial charge on any atom is 0.425 e. The van der Waals surface area contributed by atoms with Gasteiger partial charge in [-0.15, -0.1) is 11.3 Å². The molecule has 1 aromatic carbocycles. The molecule has 9 heteroatoms. The van der Waals surface area contributed by atoms with E-state index in [4.69, 9.17) is 16.0 Å². The van der Waals surface area contributed by atoms with Gasteiger partial charge in [-0.05, 0) is 49.6 Å². The number of hydrogen-bond acceptors (Lipinski definition) is 6. The van der Waals surface area contributed by atoms with Crippen LogP contribution in [0, 0.1) is 0 Å². The fourth-order valence-electron chi connectivity index (χ4n) is 3.49. The summed E-state index contributed by atoms with van der Waals surface area (Å²) < 4.78 is 7.35. The molecule has 0 fully saturated rings. The predicted molar refractivity (Wildman–Crippen MR) is 105 cm³/mol. The van der Waals surface area contributed by atoms with Crippen LogP contribution >= 0.6 is 22.9 Å². The molecule has 0 amide bonds. The maximum absolute atomic E-state index is 12.6. The van der Waals surface area contributed by atoms with Gasteiger partial charge in [0.1, 0.15) is 5.82 Å². The van der Waals surface area contributed by atoms with Crippen LogP contribution in [0.15, 0.2) is 39.5 Å². The van der Waals surface area contributed by atoms with Gasteiger partial charge in [-0.3, -0.25) is 0 Å². The maximum atomic E-state index is 12.6. The van der Waals surface area contributed by atoms with Crippen LogP contribution < -0.4 is 5.76 Å². The van der Waals surface area contributed by atoms with Crippen molar-refractivity contribution in [2.24, 2.45) is 0 Å². The van der Waals surface area contributed by atoms with E-state index in [9.17, 15) is 14.7 Å². The van der Waals surface area contributed by atoms with Crippen molar-refractivity contribution in [2.75, 3.05) is 0 Å². The van der Waals surface area contributed by atoms with Crippen LogP contribution in [0.2, 0.25) is 4.34 Å². The average Bonchev–Trinajstić information content (AvgIpc) is 3.37. The molecule has 140 valence electrons. The summed E-state index contributed by atoms with van der Waals surface area (Å²) in [5.41, 5.74) is 2.55. The largest absolute Gasteiger partial charge is 0.478 e. The van der Waals surface area contributed by atoms with E-state index in [0.29, 0.717) is 21.5 Å². The van der Waals surface area contributed by atoms with E-state index in [1.807, 2.05) is 6.07 Å². The van der Waals surface area contributed by atoms with E-state index in [1.165, 1.54) is 28.0 Å². The molecular formula is C19H12ClN3O4S. The van der Waals surface area contributed by atoms with Gasteiger partial charge in [0, 0.05) is 11.3 Å². The Balaban J connectivity index is 1.77. The first-order valence-corrected chi connectivity index (χ1v) is 9.75. The molecule has 3 heterocycles. The van der Waals surface area contributed by atoms with E-state index >= 15 is 0 Å². The summed E-state index contributed by atoms with van der Waals surface area (Å²) in [6.45, 7) is 0. The third kappa shape index (κ3) is 2.64. The summed E-state index contributed by atoms with van der Waals surface area (Å²) >= 11 is 7.42. The quantitative estimate of drug-likeness (QED) is 0.546. The number of carboxylic acids is 1. The Labute approximate surface area is 166 Å². The van der Waals surface area contributed by atoms with Crippen molar-refractivity contribution in [3.63, 3.8) is 0 Å². The van der Waals surface area contributed by atoms with Gasteiger partial charge >= 0.3 is 11.7 Å². The molecule has 0 aliphatic heterocycles. The van der Waals surface area contributed by atoms with Crippen LogP contribution in [0.1, 0.15) is 28.0 Å². The van der Waals surface area contributed by atoms with Crippen molar-refractivity contribution in [3.05, 3.63) is 62.0 Å². The highest BCUT2D eigenvalue weighted by Crippen LogP contribution is 2.33. The lowest BCUT2D eigenvalue weighted by atomic mass is 10.2. The predicted octanol–water partition coefficient (Wildman–Crippen LogP) is 3.94. The first-order valence-electron chi connectivity index (χ1n) is 8.56. The topological polar surface area (TPSA) is 98.2 Å². The van der Waals surface area contributed by atoms with Crippen LogP contribution in [0.25, 0.3) is 27.6 Å². The highest BCUT2D eigenvalue weighted by atomic mass is 35.5. The summed E-state index contributed by atoms with van der Waals surface area (Å²) in [6.07, 6.45) is 2.51. The lowest BCUT2D eigenvalue weighted by molar-refractivity contribution is 0.0697. The number of thiophene rings is 1. The minimum atomic E-state index is -1.09. The second kappa shape index (κ2) is 6.29. The zero-order chi connectivity index (χ0) is 19.4. The smallest absolute Gasteiger partial charge is 0.425 e. The molecule has 1 aliphatic rings. The number of carboxylic acid groups (broad SMARTS) is 1. The normalized spacial score (nSPS) is 13.2. The molecule has 5 rings (SSSR count). The molecule has 4 aromatic rings. The van der Waals surface area contributed by atoms with Crippen LogP contribution in [0.4, 0.5) is 0 Å². The number of carbonyl (C=O) groups is 1. The fourth-order valence-corrected chi connectivity index (χ4v) is 4.47. The van der Waals surface area contributed by atoms with E-state index in [-0.39, 0.29) is 11.1 Å². The van der Waals surface area contributed by atoms with Crippen molar-refractivity contribution in [1.29, 1.82) is 0 Å². The van der Waals surface area contributed by atoms with Gasteiger partial charge in [0.15, 0.2) is 11.4 Å². The summed E-state index contributed by atoms with van der Waals surface area (Å²) in [5, 5.41) is 9.17. The third-order valence-corrected chi connectivity index (χ3v) is 5.97. The van der Waals surface area contributed by atoms with Crippen LogP contribution in [-0.4, -0.2) is 25.6 Å². The van der Waals surface area contributed by atoms with Gasteiger partial charge in [-0.1, -0.05) is 11.6 Å². The molecule has 3 aromatic heterocycles. The number of oxazole rings is 1. The fraction of sp³-hybridized carbons (Fsp3) is 0.158.